The van der Waals surface area contributed by atoms with Crippen LogP contribution in [0, 0.1) is 23.6 Å². The smallest absolute Gasteiger partial charge is 0.305 e. The van der Waals surface area contributed by atoms with E-state index in [0.717, 1.165) is 21.9 Å². The highest BCUT2D eigenvalue weighted by Crippen LogP contribution is 2.67. The van der Waals surface area contributed by atoms with E-state index in [2.05, 4.69) is 0 Å². The summed E-state index contributed by atoms with van der Waals surface area (Å²) in [6.07, 6.45) is 1.01. The lowest BCUT2D eigenvalue weighted by molar-refractivity contribution is -0.142. The number of phenolic OH excluding ortho intramolecular Hbond substituents is 1. The van der Waals surface area contributed by atoms with Gasteiger partial charge in [0.2, 0.25) is 11.8 Å². The Morgan fingerprint density at radius 2 is 1.74 bits per heavy atom. The fourth-order valence-electron chi connectivity index (χ4n) is 7.21. The van der Waals surface area contributed by atoms with E-state index in [1.54, 1.807) is 6.08 Å². The Labute approximate surface area is 254 Å². The van der Waals surface area contributed by atoms with Gasteiger partial charge in [-0.15, -0.1) is 23.2 Å². The Kier molecular flexibility index (Phi) is 6.81. The quantitative estimate of drug-likeness (QED) is 0.280. The number of phenols is 1. The summed E-state index contributed by atoms with van der Waals surface area (Å²) in [5, 5.41) is 20.3. The van der Waals surface area contributed by atoms with Crippen LogP contribution in [0.4, 0.5) is 10.1 Å². The summed E-state index contributed by atoms with van der Waals surface area (Å²) in [5.74, 6) is -8.91. The molecule has 13 heteroatoms. The molecule has 2 aliphatic heterocycles. The fourth-order valence-corrected chi connectivity index (χ4v) is 8.13. The minimum atomic E-state index is -2.24. The van der Waals surface area contributed by atoms with Crippen LogP contribution in [-0.4, -0.2) is 68.1 Å². The first-order chi connectivity index (χ1) is 20.4. The molecular weight excluding hydrogens is 606 g/mol. The molecule has 4 amide bonds. The average Bonchev–Trinajstić information content (AvgIpc) is 3.30. The maximum absolute atomic E-state index is 14.3. The number of carboxylic acids is 1. The van der Waals surface area contributed by atoms with Crippen molar-refractivity contribution in [2.75, 3.05) is 18.6 Å². The topological polar surface area (TPSA) is 142 Å². The van der Waals surface area contributed by atoms with Crippen molar-refractivity contribution < 1.29 is 43.3 Å². The van der Waals surface area contributed by atoms with Crippen molar-refractivity contribution in [2.45, 2.75) is 34.9 Å². The zero-order valence-electron chi connectivity index (χ0n) is 22.6. The van der Waals surface area contributed by atoms with Gasteiger partial charge in [-0.1, -0.05) is 17.7 Å². The number of likely N-dealkylation sites (tertiary alicyclic amines) is 1. The van der Waals surface area contributed by atoms with E-state index in [1.165, 1.54) is 37.4 Å². The summed E-state index contributed by atoms with van der Waals surface area (Å²) in [5.41, 5.74) is 0.521. The number of nitrogens with zero attached hydrogens (tertiary/aromatic N) is 2. The van der Waals surface area contributed by atoms with Gasteiger partial charge in [0.25, 0.3) is 11.8 Å². The highest BCUT2D eigenvalue weighted by molar-refractivity contribution is 6.58. The number of aromatic hydroxyl groups is 1. The molecule has 0 spiro atoms. The van der Waals surface area contributed by atoms with E-state index in [1.807, 2.05) is 0 Å². The predicted molar refractivity (Wildman–Crippen MR) is 150 cm³/mol. The number of fused-ring (bicyclic) bond motifs is 4. The molecule has 2 aromatic carbocycles. The van der Waals surface area contributed by atoms with Gasteiger partial charge in [0.1, 0.15) is 17.3 Å². The normalized spacial score (nSPS) is 31.5. The lowest BCUT2D eigenvalue weighted by atomic mass is 9.56. The van der Waals surface area contributed by atoms with Crippen molar-refractivity contribution in [1.82, 2.24) is 4.90 Å². The zero-order valence-corrected chi connectivity index (χ0v) is 24.1. The van der Waals surface area contributed by atoms with Gasteiger partial charge >= 0.3 is 5.97 Å². The molecule has 224 valence electrons. The summed E-state index contributed by atoms with van der Waals surface area (Å²) >= 11 is 14.5. The molecule has 0 radical (unpaired) electrons. The molecule has 6 atom stereocenters. The van der Waals surface area contributed by atoms with Gasteiger partial charge in [-0.25, -0.2) is 9.29 Å². The number of imide groups is 2. The first-order valence-corrected chi connectivity index (χ1v) is 14.3. The molecule has 0 aromatic heterocycles. The number of halogens is 3. The summed E-state index contributed by atoms with van der Waals surface area (Å²) in [7, 11) is 1.35. The molecule has 6 unspecified atom stereocenters. The minimum Gasteiger partial charge on any atom is -0.508 e. The average molecular weight is 631 g/mol. The predicted octanol–water partition coefficient (Wildman–Crippen LogP) is 3.58. The van der Waals surface area contributed by atoms with Gasteiger partial charge < -0.3 is 14.9 Å². The molecule has 2 saturated heterocycles. The Morgan fingerprint density at radius 1 is 1.05 bits per heavy atom. The SMILES string of the molecule is COc1cccc(O)c1C1C2=CCC3C(=O)N(CCC(=O)O)C(=O)C3C2CC2(Cl)C(=O)N(c3ccc(F)cc3)C(=O)C12Cl. The third-order valence-electron chi connectivity index (χ3n) is 9.09. The molecule has 2 aromatic rings. The number of benzene rings is 2. The summed E-state index contributed by atoms with van der Waals surface area (Å²) in [4.78, 5) is 64.1. The number of allylic oxidation sites excluding steroid dienone is 2. The van der Waals surface area contributed by atoms with Crippen LogP contribution in [0.2, 0.25) is 0 Å². The number of amides is 4. The largest absolute Gasteiger partial charge is 0.508 e. The fraction of sp³-hybridized carbons (Fsp3) is 0.367. The number of ether oxygens (including phenoxy) is 1. The maximum Gasteiger partial charge on any atom is 0.305 e. The van der Waals surface area contributed by atoms with Gasteiger partial charge in [0.05, 0.1) is 31.1 Å². The van der Waals surface area contributed by atoms with Crippen LogP contribution in [0.1, 0.15) is 30.7 Å². The number of carbonyl (C=O) groups excluding carboxylic acids is 4. The summed E-state index contributed by atoms with van der Waals surface area (Å²) < 4.78 is 19.3. The van der Waals surface area contributed by atoms with Crippen molar-refractivity contribution >= 4 is 58.5 Å². The lowest BCUT2D eigenvalue weighted by Gasteiger charge is -2.50. The number of aliphatic carboxylic acids is 1. The number of carbonyl (C=O) groups is 5. The second kappa shape index (κ2) is 10.1. The number of alkyl halides is 2. The van der Waals surface area contributed by atoms with E-state index in [4.69, 9.17) is 33.0 Å². The first-order valence-electron chi connectivity index (χ1n) is 13.5. The molecule has 2 heterocycles. The zero-order chi connectivity index (χ0) is 31.0. The summed E-state index contributed by atoms with van der Waals surface area (Å²) in [6, 6.07) is 9.04. The molecule has 2 aliphatic carbocycles. The van der Waals surface area contributed by atoms with Crippen molar-refractivity contribution in [1.29, 1.82) is 0 Å². The van der Waals surface area contributed by atoms with Crippen LogP contribution in [0.25, 0.3) is 0 Å². The molecule has 43 heavy (non-hydrogen) atoms. The number of rotatable bonds is 6. The maximum atomic E-state index is 14.3. The van der Waals surface area contributed by atoms with Crippen molar-refractivity contribution in [3.8, 4) is 11.5 Å². The molecule has 10 nitrogen and oxygen atoms in total. The van der Waals surface area contributed by atoms with Gasteiger partial charge in [0.15, 0.2) is 9.75 Å². The second-order valence-corrected chi connectivity index (χ2v) is 12.4. The van der Waals surface area contributed by atoms with Crippen molar-refractivity contribution in [2.24, 2.45) is 17.8 Å². The van der Waals surface area contributed by atoms with Crippen LogP contribution < -0.4 is 9.64 Å². The second-order valence-electron chi connectivity index (χ2n) is 11.1. The van der Waals surface area contributed by atoms with Crippen LogP contribution in [0.3, 0.4) is 0 Å². The minimum absolute atomic E-state index is 0.0237. The first kappa shape index (κ1) is 29.1. The number of carboxylic acid groups (broad SMARTS) is 1. The molecule has 2 N–H and O–H groups in total. The van der Waals surface area contributed by atoms with E-state index in [-0.39, 0.29) is 42.1 Å². The number of anilines is 1. The standard InChI is InChI=1S/C30H25Cl2FN2O8/c1-43-20-4-2-3-19(36)23(20)24-16-9-10-17-22(26(40)34(25(17)39)12-11-21(37)38)18(16)13-29(31)27(41)35(28(42)30(24,29)32)15-7-5-14(33)6-8-15/h2-9,17-18,22,24,36H,10-13H2,1H3,(H,37,38). The third kappa shape index (κ3) is 3.94. The van der Waals surface area contributed by atoms with Crippen LogP contribution in [0.15, 0.2) is 54.1 Å². The molecule has 3 fully saturated rings. The highest BCUT2D eigenvalue weighted by atomic mass is 35.5. The van der Waals surface area contributed by atoms with Crippen LogP contribution in [-0.2, 0) is 24.0 Å². The monoisotopic (exact) mass is 630 g/mol. The van der Waals surface area contributed by atoms with Crippen LogP contribution in [0.5, 0.6) is 11.5 Å². The van der Waals surface area contributed by atoms with Gasteiger partial charge in [-0.05, 0) is 55.2 Å². The van der Waals surface area contributed by atoms with Gasteiger partial charge in [-0.2, -0.15) is 0 Å². The molecule has 0 bridgehead atoms. The Hall–Kier alpha value is -3.96. The Morgan fingerprint density at radius 3 is 2.40 bits per heavy atom. The Balaban J connectivity index is 1.55. The third-order valence-corrected chi connectivity index (χ3v) is 10.5. The van der Waals surface area contributed by atoms with Gasteiger partial charge in [-0.3, -0.25) is 28.9 Å². The number of hydrogen-bond acceptors (Lipinski definition) is 7. The lowest BCUT2D eigenvalue weighted by Crippen LogP contribution is -2.60. The van der Waals surface area contributed by atoms with Crippen molar-refractivity contribution in [3.05, 3.63) is 65.5 Å². The van der Waals surface area contributed by atoms with E-state index < -0.39 is 75.3 Å². The summed E-state index contributed by atoms with van der Waals surface area (Å²) in [6.45, 7) is -0.319. The van der Waals surface area contributed by atoms with Gasteiger partial charge in [0, 0.05) is 18.0 Å². The van der Waals surface area contributed by atoms with Crippen LogP contribution >= 0.6 is 23.2 Å². The highest BCUT2D eigenvalue weighted by Gasteiger charge is 2.77. The van der Waals surface area contributed by atoms with E-state index in [0.29, 0.717) is 5.57 Å². The molecular formula is C30H25Cl2FN2O8. The Bertz CT molecular complexity index is 1630. The number of hydrogen-bond donors (Lipinski definition) is 2. The van der Waals surface area contributed by atoms with E-state index >= 15 is 0 Å². The van der Waals surface area contributed by atoms with E-state index in [9.17, 15) is 33.5 Å². The number of methoxy groups -OCH3 is 1. The van der Waals surface area contributed by atoms with Crippen molar-refractivity contribution in [3.63, 3.8) is 0 Å². The molecule has 6 rings (SSSR count). The molecule has 1 saturated carbocycles. The molecule has 4 aliphatic rings.